The van der Waals surface area contributed by atoms with Crippen molar-refractivity contribution in [2.75, 3.05) is 19.6 Å². The van der Waals surface area contributed by atoms with E-state index >= 15 is 0 Å². The van der Waals surface area contributed by atoms with Crippen LogP contribution in [0.25, 0.3) is 0 Å². The summed E-state index contributed by atoms with van der Waals surface area (Å²) in [5, 5.41) is 27.2. The molecule has 122 valence electrons. The standard InChI is InChI=1S/C14H29BN2O4/c1-2-9-17-10-5-12(6-11-17)14(16,13(18)19)7-3-4-8-15(20)21/h12,20-21H,2-11,16H2,1H3,(H,18,19). The fraction of sp³-hybridized carbons (Fsp3) is 0.929. The van der Waals surface area contributed by atoms with Crippen LogP contribution in [-0.2, 0) is 4.79 Å². The van der Waals surface area contributed by atoms with E-state index in [1.807, 2.05) is 0 Å². The van der Waals surface area contributed by atoms with Gasteiger partial charge >= 0.3 is 13.1 Å². The van der Waals surface area contributed by atoms with Crippen molar-refractivity contribution in [3.8, 4) is 0 Å². The van der Waals surface area contributed by atoms with Crippen LogP contribution in [0.4, 0.5) is 0 Å². The number of aliphatic carboxylic acids is 1. The molecule has 6 nitrogen and oxygen atoms in total. The van der Waals surface area contributed by atoms with Gasteiger partial charge in [-0.15, -0.1) is 0 Å². The molecule has 1 aliphatic heterocycles. The van der Waals surface area contributed by atoms with E-state index in [-0.39, 0.29) is 12.2 Å². The Labute approximate surface area is 127 Å². The Bertz CT molecular complexity index is 322. The molecule has 1 aliphatic rings. The summed E-state index contributed by atoms with van der Waals surface area (Å²) in [6, 6.07) is 0. The van der Waals surface area contributed by atoms with Crippen LogP contribution < -0.4 is 5.73 Å². The van der Waals surface area contributed by atoms with Gasteiger partial charge in [-0.05, 0) is 57.6 Å². The topological polar surface area (TPSA) is 107 Å². The van der Waals surface area contributed by atoms with Gasteiger partial charge in [-0.3, -0.25) is 4.79 Å². The van der Waals surface area contributed by atoms with Crippen molar-refractivity contribution in [2.45, 2.75) is 57.3 Å². The third-order valence-corrected chi connectivity index (χ3v) is 4.56. The van der Waals surface area contributed by atoms with E-state index in [1.165, 1.54) is 0 Å². The Morgan fingerprint density at radius 2 is 1.95 bits per heavy atom. The van der Waals surface area contributed by atoms with Crippen molar-refractivity contribution in [1.82, 2.24) is 4.90 Å². The molecule has 0 aromatic rings. The second-order valence-corrected chi connectivity index (χ2v) is 6.19. The van der Waals surface area contributed by atoms with Gasteiger partial charge in [0, 0.05) is 0 Å². The molecule has 1 atom stereocenters. The first-order valence-corrected chi connectivity index (χ1v) is 8.01. The number of unbranched alkanes of at least 4 members (excludes halogenated alkanes) is 1. The summed E-state index contributed by atoms with van der Waals surface area (Å²) >= 11 is 0. The molecule has 5 N–H and O–H groups in total. The molecule has 0 radical (unpaired) electrons. The van der Waals surface area contributed by atoms with Crippen molar-refractivity contribution >= 4 is 13.1 Å². The Kier molecular flexibility index (Phi) is 7.66. The van der Waals surface area contributed by atoms with Gasteiger partial charge in [-0.1, -0.05) is 19.8 Å². The molecule has 1 fully saturated rings. The number of nitrogens with zero attached hydrogens (tertiary/aromatic N) is 1. The highest BCUT2D eigenvalue weighted by Crippen LogP contribution is 2.31. The molecule has 0 aromatic heterocycles. The fourth-order valence-electron chi connectivity index (χ4n) is 3.22. The molecular weight excluding hydrogens is 271 g/mol. The maximum absolute atomic E-state index is 11.6. The van der Waals surface area contributed by atoms with E-state index in [1.54, 1.807) is 0 Å². The first-order valence-electron chi connectivity index (χ1n) is 8.01. The van der Waals surface area contributed by atoms with Crippen LogP contribution in [0.15, 0.2) is 0 Å². The van der Waals surface area contributed by atoms with Crippen LogP contribution in [0.5, 0.6) is 0 Å². The zero-order valence-corrected chi connectivity index (χ0v) is 13.0. The number of likely N-dealkylation sites (tertiary alicyclic amines) is 1. The van der Waals surface area contributed by atoms with Crippen LogP contribution in [0.3, 0.4) is 0 Å². The molecule has 1 saturated heterocycles. The molecule has 0 saturated carbocycles. The van der Waals surface area contributed by atoms with Crippen LogP contribution in [-0.4, -0.2) is 58.3 Å². The van der Waals surface area contributed by atoms with E-state index in [0.29, 0.717) is 19.3 Å². The second kappa shape index (κ2) is 8.73. The Hall–Kier alpha value is -0.625. The first kappa shape index (κ1) is 18.4. The molecule has 0 aromatic carbocycles. The van der Waals surface area contributed by atoms with Crippen LogP contribution in [0.2, 0.25) is 6.32 Å². The zero-order chi connectivity index (χ0) is 15.9. The van der Waals surface area contributed by atoms with Gasteiger partial charge in [0.1, 0.15) is 5.54 Å². The average Bonchev–Trinajstić information content (AvgIpc) is 2.44. The molecule has 0 spiro atoms. The summed E-state index contributed by atoms with van der Waals surface area (Å²) in [5.74, 6) is -0.928. The summed E-state index contributed by atoms with van der Waals surface area (Å²) in [6.07, 6.45) is 4.62. The van der Waals surface area contributed by atoms with Gasteiger partial charge in [0.2, 0.25) is 0 Å². The van der Waals surface area contributed by atoms with Crippen molar-refractivity contribution in [3.63, 3.8) is 0 Å². The Balaban J connectivity index is 2.50. The van der Waals surface area contributed by atoms with E-state index in [0.717, 1.165) is 38.9 Å². The molecule has 1 rings (SSSR count). The van der Waals surface area contributed by atoms with Gasteiger partial charge in [0.15, 0.2) is 0 Å². The molecule has 0 amide bonds. The normalized spacial score (nSPS) is 20.2. The number of carboxylic acid groups (broad SMARTS) is 1. The largest absolute Gasteiger partial charge is 0.480 e. The summed E-state index contributed by atoms with van der Waals surface area (Å²) in [7, 11) is -1.32. The summed E-state index contributed by atoms with van der Waals surface area (Å²) in [5.41, 5.74) is 5.03. The van der Waals surface area contributed by atoms with Gasteiger partial charge in [-0.2, -0.15) is 0 Å². The molecule has 7 heteroatoms. The maximum atomic E-state index is 11.6. The molecule has 0 aliphatic carbocycles. The summed E-state index contributed by atoms with van der Waals surface area (Å²) < 4.78 is 0. The molecule has 0 bridgehead atoms. The fourth-order valence-corrected chi connectivity index (χ4v) is 3.22. The second-order valence-electron chi connectivity index (χ2n) is 6.19. The minimum Gasteiger partial charge on any atom is -0.480 e. The number of rotatable bonds is 9. The van der Waals surface area contributed by atoms with Crippen LogP contribution >= 0.6 is 0 Å². The van der Waals surface area contributed by atoms with E-state index in [9.17, 15) is 9.90 Å². The zero-order valence-electron chi connectivity index (χ0n) is 13.0. The lowest BCUT2D eigenvalue weighted by Crippen LogP contribution is -2.56. The number of carbonyl (C=O) groups is 1. The van der Waals surface area contributed by atoms with Crippen molar-refractivity contribution in [3.05, 3.63) is 0 Å². The van der Waals surface area contributed by atoms with Crippen molar-refractivity contribution < 1.29 is 19.9 Å². The summed E-state index contributed by atoms with van der Waals surface area (Å²) in [6.45, 7) is 5.04. The number of piperidine rings is 1. The average molecular weight is 300 g/mol. The van der Waals surface area contributed by atoms with E-state index < -0.39 is 18.6 Å². The minimum absolute atomic E-state index is 0.00200. The van der Waals surface area contributed by atoms with E-state index in [4.69, 9.17) is 15.8 Å². The number of carboxylic acids is 1. The quantitative estimate of drug-likeness (QED) is 0.365. The highest BCUT2D eigenvalue weighted by Gasteiger charge is 2.42. The first-order chi connectivity index (χ1) is 9.90. The number of hydrogen-bond acceptors (Lipinski definition) is 5. The highest BCUT2D eigenvalue weighted by atomic mass is 16.4. The van der Waals surface area contributed by atoms with Gasteiger partial charge in [0.05, 0.1) is 0 Å². The highest BCUT2D eigenvalue weighted by molar-refractivity contribution is 6.40. The molecule has 21 heavy (non-hydrogen) atoms. The Morgan fingerprint density at radius 3 is 2.43 bits per heavy atom. The lowest BCUT2D eigenvalue weighted by Gasteiger charge is -2.40. The third kappa shape index (κ3) is 5.58. The summed E-state index contributed by atoms with van der Waals surface area (Å²) in [4.78, 5) is 14.0. The predicted octanol–water partition coefficient (Wildman–Crippen LogP) is 0.534. The van der Waals surface area contributed by atoms with Gasteiger partial charge in [-0.25, -0.2) is 0 Å². The number of nitrogens with two attached hydrogens (primary N) is 1. The van der Waals surface area contributed by atoms with Crippen LogP contribution in [0.1, 0.15) is 45.4 Å². The third-order valence-electron chi connectivity index (χ3n) is 4.56. The minimum atomic E-state index is -1.32. The van der Waals surface area contributed by atoms with Gasteiger partial charge in [0.25, 0.3) is 0 Å². The molecular formula is C14H29BN2O4. The SMILES string of the molecule is CCCN1CCC(C(N)(CCCCB(O)O)C(=O)O)CC1. The van der Waals surface area contributed by atoms with Gasteiger partial charge < -0.3 is 25.8 Å². The van der Waals surface area contributed by atoms with Crippen molar-refractivity contribution in [1.29, 1.82) is 0 Å². The van der Waals surface area contributed by atoms with Crippen LogP contribution in [0, 0.1) is 5.92 Å². The van der Waals surface area contributed by atoms with Crippen molar-refractivity contribution in [2.24, 2.45) is 11.7 Å². The Morgan fingerprint density at radius 1 is 1.33 bits per heavy atom. The molecule has 1 heterocycles. The molecule has 1 unspecified atom stereocenters. The maximum Gasteiger partial charge on any atom is 0.451 e. The lowest BCUT2D eigenvalue weighted by atomic mass is 9.74. The smallest absolute Gasteiger partial charge is 0.451 e. The predicted molar refractivity (Wildman–Crippen MR) is 82.9 cm³/mol. The van der Waals surface area contributed by atoms with E-state index in [2.05, 4.69) is 11.8 Å². The number of hydrogen-bond donors (Lipinski definition) is 4. The monoisotopic (exact) mass is 300 g/mol. The lowest BCUT2D eigenvalue weighted by molar-refractivity contribution is -0.147.